The highest BCUT2D eigenvalue weighted by atomic mass is 16.7. The minimum absolute atomic E-state index is 0.350. The molecule has 3 heterocycles. The maximum atomic E-state index is 14.2. The third-order valence-electron chi connectivity index (χ3n) is 13.7. The van der Waals surface area contributed by atoms with Crippen LogP contribution in [0.2, 0.25) is 0 Å². The van der Waals surface area contributed by atoms with Crippen molar-refractivity contribution in [2.24, 2.45) is 0 Å². The lowest BCUT2D eigenvalue weighted by Gasteiger charge is -2.42. The fourth-order valence-corrected chi connectivity index (χ4v) is 9.24. The van der Waals surface area contributed by atoms with Crippen LogP contribution < -0.4 is 4.74 Å². The number of esters is 5. The van der Waals surface area contributed by atoms with E-state index in [1.54, 1.807) is 0 Å². The zero-order valence-corrected chi connectivity index (χ0v) is 43.1. The van der Waals surface area contributed by atoms with E-state index in [2.05, 4.69) is 0 Å². The number of phenolic OH excluding ortho intramolecular Hbond substituents is 17. The van der Waals surface area contributed by atoms with Gasteiger partial charge in [-0.15, -0.1) is 0 Å². The van der Waals surface area contributed by atoms with Gasteiger partial charge in [-0.2, -0.15) is 0 Å². The van der Waals surface area contributed by atoms with Crippen LogP contribution >= 0.6 is 0 Å². The Morgan fingerprint density at radius 1 is 0.448 bits per heavy atom. The molecule has 34 heteroatoms. The largest absolute Gasteiger partial charge is 0.504 e. The van der Waals surface area contributed by atoms with Crippen LogP contribution in [0.3, 0.4) is 0 Å². The lowest BCUT2D eigenvalue weighted by Crippen LogP contribution is -2.62. The molecule has 0 aliphatic carbocycles. The molecular formula is C53H44O34. The minimum atomic E-state index is -2.51. The van der Waals surface area contributed by atoms with Crippen LogP contribution in [-0.2, 0) is 33.2 Å². The van der Waals surface area contributed by atoms with Crippen molar-refractivity contribution in [1.29, 1.82) is 0 Å². The van der Waals surface area contributed by atoms with E-state index in [1.807, 2.05) is 0 Å². The number of aliphatic hydroxyl groups excluding tert-OH is 4. The zero-order chi connectivity index (χ0) is 63.7. The Morgan fingerprint density at radius 3 is 1.62 bits per heavy atom. The monoisotopic (exact) mass is 1220 g/mol. The van der Waals surface area contributed by atoms with Gasteiger partial charge in [-0.3, -0.25) is 0 Å². The summed E-state index contributed by atoms with van der Waals surface area (Å²) < 4.78 is 43.6. The molecule has 0 saturated carbocycles. The van der Waals surface area contributed by atoms with Gasteiger partial charge in [-0.25, -0.2) is 24.0 Å². The quantitative estimate of drug-likeness (QED) is 0.0481. The summed E-state index contributed by atoms with van der Waals surface area (Å²) in [5.41, 5.74) is -8.57. The van der Waals surface area contributed by atoms with E-state index in [0.717, 1.165) is 12.1 Å². The molecule has 0 amide bonds. The number of hydrogen-bond acceptors (Lipinski definition) is 34. The van der Waals surface area contributed by atoms with Gasteiger partial charge in [0.05, 0.1) is 36.0 Å². The van der Waals surface area contributed by atoms with Crippen LogP contribution in [0, 0.1) is 0 Å². The first-order valence-corrected chi connectivity index (χ1v) is 24.5. The van der Waals surface area contributed by atoms with E-state index >= 15 is 0 Å². The lowest BCUT2D eigenvalue weighted by atomic mass is 9.94. The van der Waals surface area contributed by atoms with Gasteiger partial charge in [0.15, 0.2) is 81.2 Å². The lowest BCUT2D eigenvalue weighted by molar-refractivity contribution is -0.283. The number of fused-ring (bicyclic) bond motifs is 5. The molecule has 21 N–H and O–H groups in total. The average Bonchev–Trinajstić information content (AvgIpc) is 2.23. The summed E-state index contributed by atoms with van der Waals surface area (Å²) in [7, 11) is 0. The average molecular weight is 1220 g/mol. The summed E-state index contributed by atoms with van der Waals surface area (Å²) in [5.74, 6) is -33.4. The summed E-state index contributed by atoms with van der Waals surface area (Å²) in [6.45, 7) is -2.23. The molecule has 460 valence electrons. The van der Waals surface area contributed by atoms with Crippen LogP contribution in [0.1, 0.15) is 58.2 Å². The number of ether oxygens (including phenoxy) is 8. The van der Waals surface area contributed by atoms with E-state index in [9.17, 15) is 131 Å². The van der Waals surface area contributed by atoms with Crippen LogP contribution in [0.4, 0.5) is 0 Å². The Kier molecular flexibility index (Phi) is 15.8. The first-order chi connectivity index (χ1) is 41.0. The minimum Gasteiger partial charge on any atom is -0.504 e. The molecule has 2 fully saturated rings. The second-order valence-corrected chi connectivity index (χ2v) is 19.0. The standard InChI is InChI=1S/C53H44O34/c54-10-27-20(57)9-26(81-48(76)15-6-22(59)36(67)40(71)29(15)13-1-2-19(56)35(66)31(13)62)52(82-27)87-51(79)18-8-24(61)38(69)43(74)44(18)80-25-4-12(3-21(58)34(25)65)47(75)86-53-46-45(39(70)28(11-55)83-53)84-50(78)17-5-14(32(63)42(73)33(17)64)30-16(49(77)85-46)7-23(60)37(68)41(30)72/h1-8,20,26-28,39,45-46,52-74H,9-11H2/t20-,26+,27+,28+,39+,45-,46+,52-,53-/m1/s1. The Morgan fingerprint density at radius 2 is 0.966 bits per heavy atom. The second kappa shape index (κ2) is 22.8. The molecule has 34 nitrogen and oxygen atoms in total. The van der Waals surface area contributed by atoms with Crippen molar-refractivity contribution in [3.8, 4) is 131 Å². The van der Waals surface area contributed by atoms with Crippen molar-refractivity contribution in [3.05, 3.63) is 76.3 Å². The van der Waals surface area contributed by atoms with Crippen molar-refractivity contribution < 1.29 is 169 Å². The van der Waals surface area contributed by atoms with Crippen molar-refractivity contribution in [3.63, 3.8) is 0 Å². The molecule has 0 spiro atoms. The van der Waals surface area contributed by atoms with Gasteiger partial charge in [0, 0.05) is 34.7 Å². The molecule has 6 aromatic carbocycles. The molecule has 0 unspecified atom stereocenters. The normalized spacial score (nSPS) is 21.6. The summed E-state index contributed by atoms with van der Waals surface area (Å²) in [5, 5.41) is 223. The highest BCUT2D eigenvalue weighted by molar-refractivity contribution is 6.05. The van der Waals surface area contributed by atoms with Gasteiger partial charge in [0.25, 0.3) is 0 Å². The maximum absolute atomic E-state index is 14.2. The van der Waals surface area contributed by atoms with Crippen molar-refractivity contribution in [2.75, 3.05) is 13.2 Å². The number of benzene rings is 6. The molecule has 2 bridgehead atoms. The highest BCUT2D eigenvalue weighted by Crippen LogP contribution is 2.55. The summed E-state index contributed by atoms with van der Waals surface area (Å²) >= 11 is 0. The van der Waals surface area contributed by atoms with Crippen LogP contribution in [0.5, 0.6) is 109 Å². The number of aliphatic hydroxyl groups is 4. The van der Waals surface area contributed by atoms with Gasteiger partial charge in [0.2, 0.25) is 58.9 Å². The third kappa shape index (κ3) is 10.6. The maximum Gasteiger partial charge on any atom is 0.344 e. The molecular weight excluding hydrogens is 1180 g/mol. The van der Waals surface area contributed by atoms with Crippen molar-refractivity contribution >= 4 is 29.8 Å². The Labute approximate surface area is 480 Å². The third-order valence-corrected chi connectivity index (χ3v) is 13.7. The number of carbonyl (C=O) groups excluding carboxylic acids is 5. The summed E-state index contributed by atoms with van der Waals surface area (Å²) in [6.07, 6.45) is -20.1. The number of aromatic hydroxyl groups is 17. The van der Waals surface area contributed by atoms with Crippen LogP contribution in [0.25, 0.3) is 22.3 Å². The molecule has 9 rings (SSSR count). The predicted molar refractivity (Wildman–Crippen MR) is 272 cm³/mol. The Balaban J connectivity index is 1.03. The Bertz CT molecular complexity index is 3860. The van der Waals surface area contributed by atoms with Crippen molar-refractivity contribution in [2.45, 2.75) is 61.7 Å². The molecule has 87 heavy (non-hydrogen) atoms. The smallest absolute Gasteiger partial charge is 0.344 e. The van der Waals surface area contributed by atoms with E-state index in [-0.39, 0.29) is 0 Å². The van der Waals surface area contributed by atoms with Gasteiger partial charge in [-0.1, -0.05) is 0 Å². The fraction of sp³-hybridized carbons (Fsp3) is 0.226. The Hall–Kier alpha value is -11.2. The molecule has 0 radical (unpaired) electrons. The molecule has 0 aromatic heterocycles. The van der Waals surface area contributed by atoms with Gasteiger partial charge >= 0.3 is 29.8 Å². The zero-order valence-electron chi connectivity index (χ0n) is 43.1. The first kappa shape index (κ1) is 60.4. The predicted octanol–water partition coefficient (Wildman–Crippen LogP) is 0.658. The topological polar surface area (TPSA) is 584 Å². The van der Waals surface area contributed by atoms with E-state index in [0.29, 0.717) is 36.4 Å². The first-order valence-electron chi connectivity index (χ1n) is 24.5. The number of phenols is 17. The van der Waals surface area contributed by atoms with Gasteiger partial charge in [-0.05, 0) is 42.5 Å². The highest BCUT2D eigenvalue weighted by Gasteiger charge is 2.53. The van der Waals surface area contributed by atoms with Crippen molar-refractivity contribution in [1.82, 2.24) is 0 Å². The SMILES string of the molecule is O=C(O[C@H]1O[C@@H](CO)[C@H](O)[C@H]2OC(=O)c3cc(c(O)c(O)c3O)-c3c(cc(O)c(O)c3O)C(=O)O[C@H]12)c1cc(O)c(O)c(Oc2c(C(=O)O[C@H]3O[C@@H](CO)[C@H](O)C[C@@H]3OC(=O)c3cc(O)c(O)c(O)c3-c3ccc(O)c(O)c3O)cc(O)c(O)c2O)c1. The van der Waals surface area contributed by atoms with Gasteiger partial charge in [0.1, 0.15) is 29.4 Å². The van der Waals surface area contributed by atoms with Crippen LogP contribution in [0.15, 0.2) is 48.5 Å². The second-order valence-electron chi connectivity index (χ2n) is 19.0. The van der Waals surface area contributed by atoms with Gasteiger partial charge < -0.3 is 145 Å². The fourth-order valence-electron chi connectivity index (χ4n) is 9.24. The molecule has 3 aliphatic rings. The summed E-state index contributed by atoms with van der Waals surface area (Å²) in [4.78, 5) is 70.1. The molecule has 9 atom stereocenters. The number of carbonyl (C=O) groups is 5. The van der Waals surface area contributed by atoms with Crippen LogP contribution in [-0.4, -0.2) is 206 Å². The number of rotatable bonds is 11. The summed E-state index contributed by atoms with van der Waals surface area (Å²) in [6, 6.07) is 4.38. The van der Waals surface area contributed by atoms with E-state index in [4.69, 9.17) is 37.9 Å². The molecule has 2 saturated heterocycles. The molecule has 6 aromatic rings. The molecule has 3 aliphatic heterocycles. The van der Waals surface area contributed by atoms with E-state index in [1.165, 1.54) is 0 Å². The van der Waals surface area contributed by atoms with E-state index < -0.39 is 264 Å². The number of hydrogen-bond donors (Lipinski definition) is 21.